The summed E-state index contributed by atoms with van der Waals surface area (Å²) in [7, 11) is 0.601. The van der Waals surface area contributed by atoms with Crippen LogP contribution in [0.5, 0.6) is 5.75 Å². The highest BCUT2D eigenvalue weighted by Gasteiger charge is 2.27. The maximum absolute atomic E-state index is 13.8. The largest absolute Gasteiger partial charge is 0.496 e. The molecule has 11 nitrogen and oxygen atoms in total. The number of ether oxygens (including phenoxy) is 1. The first-order valence-corrected chi connectivity index (χ1v) is 17.8. The van der Waals surface area contributed by atoms with Gasteiger partial charge < -0.3 is 24.2 Å². The number of carbonyl (C=O) groups excluding carboxylic acids is 2. The molecule has 0 atom stereocenters. The van der Waals surface area contributed by atoms with Crippen molar-refractivity contribution in [2.24, 2.45) is 0 Å². The first-order chi connectivity index (χ1) is 25.0. The molecular weight excluding hydrogens is 688 g/mol. The molecule has 52 heavy (non-hydrogen) atoms. The molecule has 0 aliphatic carbocycles. The minimum atomic E-state index is -3.79. The van der Waals surface area contributed by atoms with Crippen molar-refractivity contribution in [3.63, 3.8) is 0 Å². The monoisotopic (exact) mass is 718 g/mol. The molecule has 2 amide bonds. The van der Waals surface area contributed by atoms with Crippen LogP contribution in [0.2, 0.25) is 0 Å². The summed E-state index contributed by atoms with van der Waals surface area (Å²) in [6, 6.07) is 28.0. The van der Waals surface area contributed by atoms with E-state index in [2.05, 4.69) is 10.6 Å². The minimum Gasteiger partial charge on any atom is -0.496 e. The van der Waals surface area contributed by atoms with E-state index in [4.69, 9.17) is 18.6 Å². The Bertz CT molecular complexity index is 2620. The van der Waals surface area contributed by atoms with Crippen LogP contribution < -0.4 is 19.7 Å². The van der Waals surface area contributed by atoms with Crippen LogP contribution in [0.1, 0.15) is 20.7 Å². The van der Waals surface area contributed by atoms with E-state index in [0.29, 0.717) is 55.7 Å². The highest BCUT2D eigenvalue weighted by atomic mass is 32.2. The average molecular weight is 719 g/mol. The molecule has 5 aromatic carbocycles. The average Bonchev–Trinajstić information content (AvgIpc) is 3.75. The van der Waals surface area contributed by atoms with Crippen molar-refractivity contribution >= 4 is 55.3 Å². The van der Waals surface area contributed by atoms with Crippen LogP contribution in [0, 0.1) is 5.82 Å². The number of sulfonamides is 1. The molecule has 262 valence electrons. The third kappa shape index (κ3) is 6.22. The van der Waals surface area contributed by atoms with Crippen molar-refractivity contribution < 1.29 is 36.0 Å². The van der Waals surface area contributed by atoms with Crippen LogP contribution >= 0.6 is 0 Å². The van der Waals surface area contributed by atoms with E-state index in [-0.39, 0.29) is 34.4 Å². The second-order valence-electron chi connectivity index (χ2n) is 11.9. The summed E-state index contributed by atoms with van der Waals surface area (Å²) in [5.74, 6) is -0.540. The molecule has 0 fully saturated rings. The quantitative estimate of drug-likeness (QED) is 0.154. The second kappa shape index (κ2) is 13.3. The molecule has 0 saturated heterocycles. The number of furan rings is 1. The molecular formula is C39H31FN4O7S. The van der Waals surface area contributed by atoms with Gasteiger partial charge in [0.15, 0.2) is 5.58 Å². The predicted molar refractivity (Wildman–Crippen MR) is 198 cm³/mol. The van der Waals surface area contributed by atoms with E-state index in [1.165, 1.54) is 45.5 Å². The first-order valence-electron chi connectivity index (χ1n) is 15.9. The van der Waals surface area contributed by atoms with Gasteiger partial charge in [-0.2, -0.15) is 0 Å². The smallest absolute Gasteiger partial charge is 0.258 e. The molecule has 0 spiro atoms. The number of hydrogen-bond donors (Lipinski definition) is 2. The molecule has 0 aliphatic heterocycles. The van der Waals surface area contributed by atoms with Crippen LogP contribution in [-0.2, 0) is 10.0 Å². The molecule has 7 aromatic rings. The first kappa shape index (κ1) is 34.0. The van der Waals surface area contributed by atoms with E-state index in [0.717, 1.165) is 10.6 Å². The zero-order chi connectivity index (χ0) is 36.7. The van der Waals surface area contributed by atoms with Crippen LogP contribution in [0.4, 0.5) is 15.8 Å². The number of nitrogens with one attached hydrogen (secondary N) is 2. The number of anilines is 2. The standard InChI is InChI=1S/C39H31FN4O7S/c1-41-38(46)34-28-20-27(30(44(2)52(4,47)48)21-33(28)50-36(34)22-13-16-24(40)17-14-22)23-15-18-31(49-3)29(19-23)39-43-35-26(11-8-12-32(35)51-39)37(45)42-25-9-6-5-7-10-25/h5-21H,1-4H3,(H,41,46)(H,42,45). The van der Waals surface area contributed by atoms with Crippen LogP contribution in [0.15, 0.2) is 112 Å². The van der Waals surface area contributed by atoms with Gasteiger partial charge in [-0.3, -0.25) is 13.9 Å². The number of benzene rings is 5. The molecule has 7 rings (SSSR count). The summed E-state index contributed by atoms with van der Waals surface area (Å²) in [5, 5.41) is 5.91. The molecule has 0 radical (unpaired) electrons. The van der Waals surface area contributed by atoms with Gasteiger partial charge >= 0.3 is 0 Å². The lowest BCUT2D eigenvalue weighted by Crippen LogP contribution is -2.25. The van der Waals surface area contributed by atoms with Gasteiger partial charge in [-0.25, -0.2) is 17.8 Å². The molecule has 0 unspecified atom stereocenters. The number of carbonyl (C=O) groups is 2. The Morgan fingerprint density at radius 3 is 2.25 bits per heavy atom. The molecule has 0 saturated carbocycles. The normalized spacial score (nSPS) is 11.5. The van der Waals surface area contributed by atoms with Gasteiger partial charge in [0, 0.05) is 42.4 Å². The molecule has 0 aliphatic rings. The summed E-state index contributed by atoms with van der Waals surface area (Å²) < 4.78 is 58.9. The van der Waals surface area contributed by atoms with Crippen molar-refractivity contribution in [3.05, 3.63) is 120 Å². The van der Waals surface area contributed by atoms with Crippen molar-refractivity contribution in [3.8, 4) is 39.7 Å². The number of methoxy groups -OCH3 is 1. The van der Waals surface area contributed by atoms with Crippen molar-refractivity contribution in [2.75, 3.05) is 37.1 Å². The Kier molecular flexibility index (Phi) is 8.72. The van der Waals surface area contributed by atoms with Gasteiger partial charge in [0.1, 0.15) is 28.4 Å². The molecule has 2 aromatic heterocycles. The lowest BCUT2D eigenvalue weighted by molar-refractivity contribution is 0.0963. The molecule has 13 heteroatoms. The van der Waals surface area contributed by atoms with E-state index in [1.807, 2.05) is 18.2 Å². The maximum atomic E-state index is 13.8. The Morgan fingerprint density at radius 1 is 0.827 bits per heavy atom. The second-order valence-corrected chi connectivity index (χ2v) is 13.9. The minimum absolute atomic E-state index is 0.153. The molecule has 2 heterocycles. The Labute approximate surface area is 297 Å². The number of aromatic nitrogens is 1. The fourth-order valence-electron chi connectivity index (χ4n) is 5.97. The fourth-order valence-corrected chi connectivity index (χ4v) is 6.48. The Balaban J connectivity index is 1.41. The predicted octanol–water partition coefficient (Wildman–Crippen LogP) is 7.73. The van der Waals surface area contributed by atoms with Crippen LogP contribution in [-0.4, -0.2) is 52.7 Å². The van der Waals surface area contributed by atoms with E-state index in [9.17, 15) is 22.4 Å². The number of nitrogens with zero attached hydrogens (tertiary/aromatic N) is 2. The zero-order valence-corrected chi connectivity index (χ0v) is 29.2. The Hall–Kier alpha value is -6.47. The summed E-state index contributed by atoms with van der Waals surface area (Å²) in [6.45, 7) is 0. The maximum Gasteiger partial charge on any atom is 0.258 e. The summed E-state index contributed by atoms with van der Waals surface area (Å²) in [4.78, 5) is 31.4. The van der Waals surface area contributed by atoms with Crippen molar-refractivity contribution in [1.29, 1.82) is 0 Å². The zero-order valence-electron chi connectivity index (χ0n) is 28.4. The number of amides is 2. The van der Waals surface area contributed by atoms with Crippen molar-refractivity contribution in [1.82, 2.24) is 10.3 Å². The summed E-state index contributed by atoms with van der Waals surface area (Å²) in [5.41, 5.74) is 4.13. The summed E-state index contributed by atoms with van der Waals surface area (Å²) >= 11 is 0. The molecule has 2 N–H and O–H groups in total. The third-order valence-electron chi connectivity index (χ3n) is 8.64. The number of para-hydroxylation sites is 2. The Morgan fingerprint density at radius 2 is 1.56 bits per heavy atom. The van der Waals surface area contributed by atoms with Gasteiger partial charge in [0.05, 0.1) is 35.7 Å². The van der Waals surface area contributed by atoms with Gasteiger partial charge in [0.25, 0.3) is 11.8 Å². The lowest BCUT2D eigenvalue weighted by atomic mass is 9.97. The van der Waals surface area contributed by atoms with Gasteiger partial charge in [-0.1, -0.05) is 30.3 Å². The number of oxazole rings is 1. The van der Waals surface area contributed by atoms with E-state index in [1.54, 1.807) is 60.7 Å². The van der Waals surface area contributed by atoms with Crippen LogP contribution in [0.25, 0.3) is 56.0 Å². The van der Waals surface area contributed by atoms with Gasteiger partial charge in [-0.05, 0) is 72.3 Å². The SMILES string of the molecule is CNC(=O)c1c(-c2ccc(F)cc2)oc2cc(N(C)S(C)(=O)=O)c(-c3ccc(OC)c(-c4nc5c(C(=O)Nc6ccccc6)cccc5o4)c3)cc12. The van der Waals surface area contributed by atoms with Crippen LogP contribution in [0.3, 0.4) is 0 Å². The number of hydrogen-bond acceptors (Lipinski definition) is 8. The van der Waals surface area contributed by atoms with Gasteiger partial charge in [-0.15, -0.1) is 0 Å². The summed E-state index contributed by atoms with van der Waals surface area (Å²) in [6.07, 6.45) is 1.08. The fraction of sp³-hybridized carbons (Fsp3) is 0.103. The highest BCUT2D eigenvalue weighted by molar-refractivity contribution is 7.92. The number of rotatable bonds is 9. The molecule has 0 bridgehead atoms. The van der Waals surface area contributed by atoms with Gasteiger partial charge in [0.2, 0.25) is 15.9 Å². The van der Waals surface area contributed by atoms with Crippen molar-refractivity contribution in [2.45, 2.75) is 0 Å². The highest BCUT2D eigenvalue weighted by Crippen LogP contribution is 2.43. The van der Waals surface area contributed by atoms with E-state index >= 15 is 0 Å². The third-order valence-corrected chi connectivity index (χ3v) is 9.83. The number of fused-ring (bicyclic) bond motifs is 2. The van der Waals surface area contributed by atoms with E-state index < -0.39 is 21.7 Å². The lowest BCUT2D eigenvalue weighted by Gasteiger charge is -2.21. The topological polar surface area (TPSA) is 144 Å². The number of halogens is 1.